The Bertz CT molecular complexity index is 585. The van der Waals surface area contributed by atoms with Gasteiger partial charge in [0, 0.05) is 7.05 Å². The highest BCUT2D eigenvalue weighted by molar-refractivity contribution is 6.36. The van der Waals surface area contributed by atoms with Gasteiger partial charge in [0.05, 0.1) is 15.9 Å². The van der Waals surface area contributed by atoms with Crippen LogP contribution in [0.1, 0.15) is 0 Å². The summed E-state index contributed by atoms with van der Waals surface area (Å²) in [7, 11) is 3.14. The molecule has 0 fully saturated rings. The van der Waals surface area contributed by atoms with E-state index in [-0.39, 0.29) is 5.82 Å². The second-order valence-electron chi connectivity index (χ2n) is 3.40. The smallest absolute Gasteiger partial charge is 0.315 e. The number of anilines is 1. The molecule has 0 saturated heterocycles. The molecule has 8 heteroatoms. The molecule has 1 amide bonds. The van der Waals surface area contributed by atoms with Crippen molar-refractivity contribution >= 4 is 34.2 Å². The lowest BCUT2D eigenvalue weighted by molar-refractivity contribution is -0.126. The number of alkyl halides is 2. The Morgan fingerprint density at radius 2 is 2.11 bits per heavy atom. The molecule has 1 aromatic carbocycles. The lowest BCUT2D eigenvalue weighted by Crippen LogP contribution is -2.20. The predicted octanol–water partition coefficient (Wildman–Crippen LogP) is 2.01. The average molecular weight is 291 g/mol. The Morgan fingerprint density at radius 1 is 1.47 bits per heavy atom. The third-order valence-electron chi connectivity index (χ3n) is 2.27. The van der Waals surface area contributed by atoms with E-state index in [1.807, 2.05) is 5.32 Å². The molecule has 0 unspecified atom stereocenters. The van der Waals surface area contributed by atoms with Crippen molar-refractivity contribution in [1.82, 2.24) is 9.78 Å². The van der Waals surface area contributed by atoms with Crippen molar-refractivity contribution in [2.24, 2.45) is 12.8 Å². The number of aromatic nitrogens is 2. The summed E-state index contributed by atoms with van der Waals surface area (Å²) in [6, 6.07) is 5.04. The summed E-state index contributed by atoms with van der Waals surface area (Å²) in [5, 5.41) is 6.78. The monoisotopic (exact) mass is 290 g/mol. The zero-order chi connectivity index (χ0) is 14.6. The van der Waals surface area contributed by atoms with Crippen LogP contribution in [0, 0.1) is 0 Å². The Kier molecular flexibility index (Phi) is 5.20. The van der Waals surface area contributed by atoms with Gasteiger partial charge in [0.1, 0.15) is 0 Å². The van der Waals surface area contributed by atoms with Crippen LogP contribution in [-0.4, -0.2) is 29.2 Å². The summed E-state index contributed by atoms with van der Waals surface area (Å²) >= 11 is 5.95. The van der Waals surface area contributed by atoms with E-state index in [1.54, 1.807) is 25.2 Å². The number of aryl methyl sites for hydroxylation is 1. The summed E-state index contributed by atoms with van der Waals surface area (Å²) in [4.78, 5) is 10.9. The quantitative estimate of drug-likeness (QED) is 0.888. The zero-order valence-corrected chi connectivity index (χ0v) is 11.1. The SMILES string of the molecule is CN.Cn1nc(NC(=O)C(F)F)c2c(Cl)cccc21. The van der Waals surface area contributed by atoms with Gasteiger partial charge in [-0.15, -0.1) is 0 Å². The van der Waals surface area contributed by atoms with Crippen LogP contribution in [0.2, 0.25) is 5.02 Å². The summed E-state index contributed by atoms with van der Waals surface area (Å²) in [6.45, 7) is 0. The second-order valence-corrected chi connectivity index (χ2v) is 3.80. The highest BCUT2D eigenvalue weighted by Gasteiger charge is 2.19. The summed E-state index contributed by atoms with van der Waals surface area (Å²) in [5.74, 6) is -1.36. The fourth-order valence-electron chi connectivity index (χ4n) is 1.53. The molecule has 0 spiro atoms. The van der Waals surface area contributed by atoms with E-state index in [0.717, 1.165) is 0 Å². The van der Waals surface area contributed by atoms with E-state index in [4.69, 9.17) is 11.6 Å². The molecule has 3 N–H and O–H groups in total. The predicted molar refractivity (Wildman–Crippen MR) is 70.5 cm³/mol. The molecule has 0 bridgehead atoms. The molecule has 0 saturated carbocycles. The molecule has 1 aromatic heterocycles. The zero-order valence-electron chi connectivity index (χ0n) is 10.3. The minimum atomic E-state index is -3.09. The number of rotatable bonds is 2. The van der Waals surface area contributed by atoms with Gasteiger partial charge in [0.2, 0.25) is 0 Å². The van der Waals surface area contributed by atoms with Crippen LogP contribution >= 0.6 is 11.6 Å². The molecule has 0 radical (unpaired) electrons. The number of fused-ring (bicyclic) bond motifs is 1. The molecule has 2 aromatic rings. The average Bonchev–Trinajstić information content (AvgIpc) is 2.70. The van der Waals surface area contributed by atoms with Crippen molar-refractivity contribution in [1.29, 1.82) is 0 Å². The van der Waals surface area contributed by atoms with Crippen LogP contribution < -0.4 is 11.1 Å². The van der Waals surface area contributed by atoms with Gasteiger partial charge < -0.3 is 11.1 Å². The van der Waals surface area contributed by atoms with Crippen molar-refractivity contribution in [2.75, 3.05) is 12.4 Å². The number of hydrogen-bond donors (Lipinski definition) is 2. The van der Waals surface area contributed by atoms with E-state index in [1.165, 1.54) is 11.7 Å². The first-order chi connectivity index (χ1) is 9.00. The van der Waals surface area contributed by atoms with Crippen LogP contribution in [0.4, 0.5) is 14.6 Å². The Morgan fingerprint density at radius 3 is 2.68 bits per heavy atom. The van der Waals surface area contributed by atoms with E-state index in [2.05, 4.69) is 10.8 Å². The molecule has 19 heavy (non-hydrogen) atoms. The fourth-order valence-corrected chi connectivity index (χ4v) is 1.79. The van der Waals surface area contributed by atoms with Gasteiger partial charge in [0.25, 0.3) is 5.91 Å². The topological polar surface area (TPSA) is 72.9 Å². The number of benzene rings is 1. The van der Waals surface area contributed by atoms with Crippen molar-refractivity contribution in [3.05, 3.63) is 23.2 Å². The molecule has 1 heterocycles. The number of hydrogen-bond acceptors (Lipinski definition) is 3. The number of nitrogens with two attached hydrogens (primary N) is 1. The molecule has 2 rings (SSSR count). The molecule has 0 aliphatic carbocycles. The minimum absolute atomic E-state index is 0.0402. The van der Waals surface area contributed by atoms with Crippen molar-refractivity contribution < 1.29 is 13.6 Å². The van der Waals surface area contributed by atoms with Crippen molar-refractivity contribution in [3.63, 3.8) is 0 Å². The maximum absolute atomic E-state index is 12.1. The molecular weight excluding hydrogens is 278 g/mol. The van der Waals surface area contributed by atoms with E-state index in [0.29, 0.717) is 15.9 Å². The van der Waals surface area contributed by atoms with Gasteiger partial charge in [0.15, 0.2) is 5.82 Å². The maximum atomic E-state index is 12.1. The number of nitrogens with one attached hydrogen (secondary N) is 1. The third-order valence-corrected chi connectivity index (χ3v) is 2.58. The van der Waals surface area contributed by atoms with Crippen LogP contribution in [0.5, 0.6) is 0 Å². The Hall–Kier alpha value is -1.73. The van der Waals surface area contributed by atoms with Crippen LogP contribution in [0.3, 0.4) is 0 Å². The standard InChI is InChI=1S/C10H8ClF2N3O.CH5N/c1-16-6-4-2-3-5(11)7(6)9(15-16)14-10(17)8(12)13;1-2/h2-4,8H,1H3,(H,14,15,17);2H2,1H3. The number of carbonyl (C=O) groups excluding carboxylic acids is 1. The first-order valence-corrected chi connectivity index (χ1v) is 5.66. The van der Waals surface area contributed by atoms with E-state index >= 15 is 0 Å². The van der Waals surface area contributed by atoms with Gasteiger partial charge in [-0.05, 0) is 19.2 Å². The van der Waals surface area contributed by atoms with Gasteiger partial charge in [-0.2, -0.15) is 13.9 Å². The van der Waals surface area contributed by atoms with Crippen LogP contribution in [0.15, 0.2) is 18.2 Å². The van der Waals surface area contributed by atoms with Crippen LogP contribution in [-0.2, 0) is 11.8 Å². The molecule has 0 aliphatic heterocycles. The highest BCUT2D eigenvalue weighted by Crippen LogP contribution is 2.29. The van der Waals surface area contributed by atoms with E-state index < -0.39 is 12.3 Å². The summed E-state index contributed by atoms with van der Waals surface area (Å²) < 4.78 is 25.7. The Labute approximate surface area is 113 Å². The fraction of sp³-hybridized carbons (Fsp3) is 0.273. The van der Waals surface area contributed by atoms with Gasteiger partial charge in [-0.3, -0.25) is 9.48 Å². The lowest BCUT2D eigenvalue weighted by atomic mass is 10.2. The number of carbonyl (C=O) groups is 1. The van der Waals surface area contributed by atoms with Crippen molar-refractivity contribution in [3.8, 4) is 0 Å². The number of nitrogens with zero attached hydrogens (tertiary/aromatic N) is 2. The molecule has 104 valence electrons. The summed E-state index contributed by atoms with van der Waals surface area (Å²) in [5.41, 5.74) is 5.15. The van der Waals surface area contributed by atoms with Crippen LogP contribution in [0.25, 0.3) is 10.9 Å². The first kappa shape index (κ1) is 15.3. The molecule has 5 nitrogen and oxygen atoms in total. The van der Waals surface area contributed by atoms with Gasteiger partial charge in [-0.1, -0.05) is 17.7 Å². The largest absolute Gasteiger partial charge is 0.333 e. The van der Waals surface area contributed by atoms with Gasteiger partial charge in [-0.25, -0.2) is 0 Å². The summed E-state index contributed by atoms with van der Waals surface area (Å²) in [6.07, 6.45) is -3.09. The number of amides is 1. The maximum Gasteiger partial charge on any atom is 0.315 e. The molecular formula is C11H13ClF2N4O. The first-order valence-electron chi connectivity index (χ1n) is 5.28. The number of halogens is 3. The van der Waals surface area contributed by atoms with Crippen molar-refractivity contribution in [2.45, 2.75) is 6.43 Å². The minimum Gasteiger partial charge on any atom is -0.333 e. The highest BCUT2D eigenvalue weighted by atomic mass is 35.5. The van der Waals surface area contributed by atoms with Gasteiger partial charge >= 0.3 is 6.43 Å². The molecule has 0 atom stereocenters. The third kappa shape index (κ3) is 3.18. The van der Waals surface area contributed by atoms with E-state index in [9.17, 15) is 13.6 Å². The Balaban J connectivity index is 0.000000861. The second kappa shape index (κ2) is 6.44. The lowest BCUT2D eigenvalue weighted by Gasteiger charge is -2.01. The molecule has 0 aliphatic rings. The normalized spacial score (nSPS) is 10.3.